The molecule has 2 aromatic rings. The highest BCUT2D eigenvalue weighted by Gasteiger charge is 2.22. The third-order valence-electron chi connectivity index (χ3n) is 4.25. The van der Waals surface area contributed by atoms with Crippen LogP contribution in [0.25, 0.3) is 0 Å². The van der Waals surface area contributed by atoms with Crippen molar-refractivity contribution in [3.05, 3.63) is 60.2 Å². The molecule has 8 heteroatoms. The van der Waals surface area contributed by atoms with Gasteiger partial charge in [-0.2, -0.15) is 0 Å². The lowest BCUT2D eigenvalue weighted by Gasteiger charge is -2.26. The van der Waals surface area contributed by atoms with E-state index in [-0.39, 0.29) is 17.4 Å². The fourth-order valence-corrected chi connectivity index (χ4v) is 3.48. The van der Waals surface area contributed by atoms with Gasteiger partial charge in [0.05, 0.1) is 11.0 Å². The summed E-state index contributed by atoms with van der Waals surface area (Å²) in [6, 6.07) is 14.9. The van der Waals surface area contributed by atoms with Crippen molar-refractivity contribution in [2.45, 2.75) is 11.0 Å². The van der Waals surface area contributed by atoms with E-state index >= 15 is 0 Å². The first-order chi connectivity index (χ1) is 13.2. The molecule has 7 nitrogen and oxygen atoms in total. The number of benzene rings is 2. The smallest absolute Gasteiger partial charge is 0.319 e. The number of nitrogens with zero attached hydrogens (tertiary/aromatic N) is 1. The van der Waals surface area contributed by atoms with Crippen molar-refractivity contribution in [1.82, 2.24) is 10.2 Å². The standard InChI is InChI=1S/C20H27N3O4S/c1-23(2)14-16(19(24)15-7-5-4-6-8-15)13-21-20(25)22-17-9-11-18(12-10-17)28(3,26)27/h4-12,16,19,24H,13-14H2,1-3H3,(H2,21,22,25). The van der Waals surface area contributed by atoms with E-state index in [1.165, 1.54) is 24.3 Å². The zero-order valence-corrected chi connectivity index (χ0v) is 17.1. The van der Waals surface area contributed by atoms with Crippen molar-refractivity contribution in [3.63, 3.8) is 0 Å². The molecule has 0 bridgehead atoms. The molecule has 0 aliphatic rings. The van der Waals surface area contributed by atoms with Crippen LogP contribution >= 0.6 is 0 Å². The van der Waals surface area contributed by atoms with Crippen LogP contribution in [0.3, 0.4) is 0 Å². The fraction of sp³-hybridized carbons (Fsp3) is 0.350. The van der Waals surface area contributed by atoms with E-state index in [2.05, 4.69) is 10.6 Å². The summed E-state index contributed by atoms with van der Waals surface area (Å²) in [5.74, 6) is -0.198. The molecular formula is C20H27N3O4S. The molecule has 2 atom stereocenters. The predicted octanol–water partition coefficient (Wildman–Crippen LogP) is 2.12. The molecular weight excluding hydrogens is 378 g/mol. The Morgan fingerprint density at radius 2 is 1.68 bits per heavy atom. The SMILES string of the molecule is CN(C)CC(CNC(=O)Nc1ccc(S(C)(=O)=O)cc1)C(O)c1ccccc1. The average Bonchev–Trinajstić information content (AvgIpc) is 2.64. The molecule has 2 rings (SSSR count). The van der Waals surface area contributed by atoms with E-state index in [9.17, 15) is 18.3 Å². The number of carbonyl (C=O) groups is 1. The Kier molecular flexibility index (Phi) is 7.56. The van der Waals surface area contributed by atoms with Gasteiger partial charge in [0.2, 0.25) is 0 Å². The number of hydrogen-bond acceptors (Lipinski definition) is 5. The van der Waals surface area contributed by atoms with E-state index < -0.39 is 22.0 Å². The van der Waals surface area contributed by atoms with Crippen LogP contribution in [0.4, 0.5) is 10.5 Å². The molecule has 0 fully saturated rings. The summed E-state index contributed by atoms with van der Waals surface area (Å²) in [6.07, 6.45) is 0.420. The first-order valence-corrected chi connectivity index (χ1v) is 10.8. The molecule has 152 valence electrons. The second-order valence-electron chi connectivity index (χ2n) is 7.01. The number of aliphatic hydroxyl groups excluding tert-OH is 1. The molecule has 0 aliphatic carbocycles. The Morgan fingerprint density at radius 3 is 2.21 bits per heavy atom. The summed E-state index contributed by atoms with van der Waals surface area (Å²) in [7, 11) is 0.544. The van der Waals surface area contributed by atoms with Gasteiger partial charge in [-0.25, -0.2) is 13.2 Å². The molecule has 2 aromatic carbocycles. The summed E-state index contributed by atoms with van der Waals surface area (Å²) in [6.45, 7) is 0.876. The second kappa shape index (κ2) is 9.68. The Bertz CT molecular complexity index is 868. The van der Waals surface area contributed by atoms with Crippen LogP contribution in [0, 0.1) is 5.92 Å². The van der Waals surface area contributed by atoms with Crippen LogP contribution in [0.2, 0.25) is 0 Å². The van der Waals surface area contributed by atoms with Crippen LogP contribution < -0.4 is 10.6 Å². The maximum Gasteiger partial charge on any atom is 0.319 e. The molecule has 28 heavy (non-hydrogen) atoms. The van der Waals surface area contributed by atoms with E-state index in [0.717, 1.165) is 11.8 Å². The third kappa shape index (κ3) is 6.63. The minimum atomic E-state index is -3.28. The number of aliphatic hydroxyl groups is 1. The Hall–Kier alpha value is -2.42. The van der Waals surface area contributed by atoms with Gasteiger partial charge in [0, 0.05) is 31.0 Å². The molecule has 2 unspecified atom stereocenters. The van der Waals surface area contributed by atoms with Crippen molar-refractivity contribution in [1.29, 1.82) is 0 Å². The minimum absolute atomic E-state index is 0.190. The van der Waals surface area contributed by atoms with Gasteiger partial charge in [-0.15, -0.1) is 0 Å². The van der Waals surface area contributed by atoms with E-state index in [1.54, 1.807) is 0 Å². The van der Waals surface area contributed by atoms with Gasteiger partial charge in [0.25, 0.3) is 0 Å². The molecule has 0 radical (unpaired) electrons. The van der Waals surface area contributed by atoms with Gasteiger partial charge < -0.3 is 20.6 Å². The summed E-state index contributed by atoms with van der Waals surface area (Å²) in [5.41, 5.74) is 1.28. The van der Waals surface area contributed by atoms with E-state index in [1.807, 2.05) is 49.3 Å². The first-order valence-electron chi connectivity index (χ1n) is 8.89. The molecule has 0 heterocycles. The van der Waals surface area contributed by atoms with Gasteiger partial charge in [-0.05, 0) is 43.9 Å². The Labute approximate surface area is 166 Å². The number of anilines is 1. The lowest BCUT2D eigenvalue weighted by atomic mass is 9.95. The predicted molar refractivity (Wildman–Crippen MR) is 110 cm³/mol. The van der Waals surface area contributed by atoms with Crippen molar-refractivity contribution in [3.8, 4) is 0 Å². The molecule has 0 aliphatic heterocycles. The summed E-state index contributed by atoms with van der Waals surface area (Å²) in [5, 5.41) is 16.1. The van der Waals surface area contributed by atoms with Crippen LogP contribution in [0.15, 0.2) is 59.5 Å². The van der Waals surface area contributed by atoms with Crippen LogP contribution in [0.1, 0.15) is 11.7 Å². The molecule has 2 amide bonds. The number of urea groups is 1. The second-order valence-corrected chi connectivity index (χ2v) is 9.03. The first kappa shape index (κ1) is 21.9. The van der Waals surface area contributed by atoms with Crippen molar-refractivity contribution < 1.29 is 18.3 Å². The van der Waals surface area contributed by atoms with Crippen molar-refractivity contribution in [2.24, 2.45) is 5.92 Å². The average molecular weight is 406 g/mol. The lowest BCUT2D eigenvalue weighted by Crippen LogP contribution is -2.39. The molecule has 3 N–H and O–H groups in total. The number of sulfone groups is 1. The third-order valence-corrected chi connectivity index (χ3v) is 5.38. The largest absolute Gasteiger partial charge is 0.388 e. The van der Waals surface area contributed by atoms with Gasteiger partial charge in [-0.1, -0.05) is 30.3 Å². The van der Waals surface area contributed by atoms with Gasteiger partial charge in [0.15, 0.2) is 9.84 Å². The van der Waals surface area contributed by atoms with Crippen molar-refractivity contribution >= 4 is 21.6 Å². The summed E-state index contributed by atoms with van der Waals surface area (Å²) >= 11 is 0. The zero-order chi connectivity index (χ0) is 20.7. The monoisotopic (exact) mass is 405 g/mol. The molecule has 0 saturated heterocycles. The van der Waals surface area contributed by atoms with Crippen LogP contribution in [-0.2, 0) is 9.84 Å². The maximum atomic E-state index is 12.2. The molecule has 0 spiro atoms. The van der Waals surface area contributed by atoms with Crippen molar-refractivity contribution in [2.75, 3.05) is 38.8 Å². The quantitative estimate of drug-likeness (QED) is 0.625. The Balaban J connectivity index is 1.97. The summed E-state index contributed by atoms with van der Waals surface area (Å²) in [4.78, 5) is 14.4. The molecule has 0 saturated carbocycles. The zero-order valence-electron chi connectivity index (χ0n) is 16.3. The topological polar surface area (TPSA) is 98.7 Å². The van der Waals surface area contributed by atoms with Crippen LogP contribution in [-0.4, -0.2) is 57.9 Å². The Morgan fingerprint density at radius 1 is 1.07 bits per heavy atom. The minimum Gasteiger partial charge on any atom is -0.388 e. The van der Waals surface area contributed by atoms with Crippen LogP contribution in [0.5, 0.6) is 0 Å². The van der Waals surface area contributed by atoms with Gasteiger partial charge >= 0.3 is 6.03 Å². The fourth-order valence-electron chi connectivity index (χ4n) is 2.85. The van der Waals surface area contributed by atoms with E-state index in [0.29, 0.717) is 12.2 Å². The number of nitrogens with one attached hydrogen (secondary N) is 2. The number of rotatable bonds is 8. The van der Waals surface area contributed by atoms with Gasteiger partial charge in [-0.3, -0.25) is 0 Å². The maximum absolute atomic E-state index is 12.2. The normalized spacial score (nSPS) is 13.8. The van der Waals surface area contributed by atoms with Gasteiger partial charge in [0.1, 0.15) is 0 Å². The number of amides is 2. The molecule has 0 aromatic heterocycles. The highest BCUT2D eigenvalue weighted by Crippen LogP contribution is 2.22. The number of carbonyl (C=O) groups excluding carboxylic acids is 1. The highest BCUT2D eigenvalue weighted by atomic mass is 32.2. The summed E-state index contributed by atoms with van der Waals surface area (Å²) < 4.78 is 23.0. The lowest BCUT2D eigenvalue weighted by molar-refractivity contribution is 0.0911. The highest BCUT2D eigenvalue weighted by molar-refractivity contribution is 7.90. The number of hydrogen-bond donors (Lipinski definition) is 3. The van der Waals surface area contributed by atoms with E-state index in [4.69, 9.17) is 0 Å².